The molecule has 4 rings (SSSR count). The molecule has 2 aromatic carbocycles. The van der Waals surface area contributed by atoms with Gasteiger partial charge in [-0.25, -0.2) is 0 Å². The summed E-state index contributed by atoms with van der Waals surface area (Å²) in [6.07, 6.45) is 1.50. The number of nitrogens with one attached hydrogen (secondary N) is 2. The van der Waals surface area contributed by atoms with E-state index in [1.165, 1.54) is 6.20 Å². The predicted octanol–water partition coefficient (Wildman–Crippen LogP) is 4.39. The maximum Gasteiger partial charge on any atom is 0.249 e. The average molecular weight is 376 g/mol. The van der Waals surface area contributed by atoms with Crippen molar-refractivity contribution in [2.45, 2.75) is 0 Å². The normalized spacial score (nSPS) is 12.1. The lowest BCUT2D eigenvalue weighted by Crippen LogP contribution is -2.03. The number of fused-ring (bicyclic) bond motifs is 1. The molecule has 0 saturated heterocycles. The molecular weight excluding hydrogens is 365 g/mol. The molecule has 0 fully saturated rings. The van der Waals surface area contributed by atoms with Crippen LogP contribution >= 0.6 is 23.2 Å². The van der Waals surface area contributed by atoms with E-state index in [-0.39, 0.29) is 12.7 Å². The van der Waals surface area contributed by atoms with Crippen molar-refractivity contribution in [3.8, 4) is 11.5 Å². The maximum absolute atomic E-state index is 6.14. The van der Waals surface area contributed by atoms with Crippen LogP contribution in [0.3, 0.4) is 0 Å². The monoisotopic (exact) mass is 375 g/mol. The molecule has 3 aromatic rings. The van der Waals surface area contributed by atoms with E-state index in [1.54, 1.807) is 18.2 Å². The van der Waals surface area contributed by atoms with Crippen LogP contribution in [0, 0.1) is 0 Å². The van der Waals surface area contributed by atoms with Crippen LogP contribution in [0.1, 0.15) is 0 Å². The highest BCUT2D eigenvalue weighted by Gasteiger charge is 2.14. The largest absolute Gasteiger partial charge is 0.454 e. The van der Waals surface area contributed by atoms with E-state index < -0.39 is 0 Å². The van der Waals surface area contributed by atoms with E-state index >= 15 is 0 Å². The highest BCUT2D eigenvalue weighted by molar-refractivity contribution is 6.39. The van der Waals surface area contributed by atoms with Crippen LogP contribution in [0.4, 0.5) is 23.1 Å². The number of hydrogen-bond donors (Lipinski definition) is 2. The van der Waals surface area contributed by atoms with E-state index in [0.29, 0.717) is 33.0 Å². The first-order chi connectivity index (χ1) is 12.2. The quantitative estimate of drug-likeness (QED) is 0.699. The van der Waals surface area contributed by atoms with Crippen LogP contribution in [-0.2, 0) is 0 Å². The predicted molar refractivity (Wildman–Crippen MR) is 95.4 cm³/mol. The third-order valence-electron chi connectivity index (χ3n) is 3.40. The van der Waals surface area contributed by atoms with E-state index in [2.05, 4.69) is 25.8 Å². The SMILES string of the molecule is Clc1cccc(Cl)c1Nc1nncc(Nc2ccc3c(c2)OCO3)n1. The number of hydrogen-bond acceptors (Lipinski definition) is 7. The van der Waals surface area contributed by atoms with Crippen LogP contribution in [0.15, 0.2) is 42.6 Å². The highest BCUT2D eigenvalue weighted by Crippen LogP contribution is 2.35. The molecule has 0 bridgehead atoms. The van der Waals surface area contributed by atoms with Crippen molar-refractivity contribution < 1.29 is 9.47 Å². The third-order valence-corrected chi connectivity index (χ3v) is 4.03. The van der Waals surface area contributed by atoms with Gasteiger partial charge in [0.2, 0.25) is 12.7 Å². The van der Waals surface area contributed by atoms with Crippen LogP contribution in [0.25, 0.3) is 0 Å². The maximum atomic E-state index is 6.14. The van der Waals surface area contributed by atoms with Gasteiger partial charge in [-0.1, -0.05) is 29.3 Å². The highest BCUT2D eigenvalue weighted by atomic mass is 35.5. The summed E-state index contributed by atoms with van der Waals surface area (Å²) >= 11 is 12.3. The molecular formula is C16H11Cl2N5O2. The number of halogens is 2. The zero-order valence-electron chi connectivity index (χ0n) is 12.7. The van der Waals surface area contributed by atoms with Crippen LogP contribution in [-0.4, -0.2) is 22.0 Å². The summed E-state index contributed by atoms with van der Waals surface area (Å²) < 4.78 is 10.6. The molecule has 2 N–H and O–H groups in total. The van der Waals surface area contributed by atoms with Crippen molar-refractivity contribution in [3.05, 3.63) is 52.6 Å². The molecule has 1 aliphatic rings. The molecule has 2 heterocycles. The van der Waals surface area contributed by atoms with Gasteiger partial charge in [0, 0.05) is 11.8 Å². The van der Waals surface area contributed by atoms with E-state index in [4.69, 9.17) is 32.7 Å². The average Bonchev–Trinajstić information content (AvgIpc) is 3.06. The topological polar surface area (TPSA) is 81.2 Å². The Hall–Kier alpha value is -2.77. The van der Waals surface area contributed by atoms with Crippen LogP contribution in [0.2, 0.25) is 10.0 Å². The molecule has 0 amide bonds. The number of aromatic nitrogens is 3. The number of ether oxygens (including phenoxy) is 2. The summed E-state index contributed by atoms with van der Waals surface area (Å²) in [6.45, 7) is 0.223. The van der Waals surface area contributed by atoms with Crippen molar-refractivity contribution in [1.82, 2.24) is 15.2 Å². The van der Waals surface area contributed by atoms with Gasteiger partial charge >= 0.3 is 0 Å². The Kier molecular flexibility index (Phi) is 4.17. The molecule has 126 valence electrons. The smallest absolute Gasteiger partial charge is 0.249 e. The second-order valence-corrected chi connectivity index (χ2v) is 5.89. The Bertz CT molecular complexity index is 918. The van der Waals surface area contributed by atoms with Crippen molar-refractivity contribution in [1.29, 1.82) is 0 Å². The van der Waals surface area contributed by atoms with Gasteiger partial charge in [0.1, 0.15) is 0 Å². The summed E-state index contributed by atoms with van der Waals surface area (Å²) in [5, 5.41) is 14.9. The first-order valence-electron chi connectivity index (χ1n) is 7.26. The van der Waals surface area contributed by atoms with Gasteiger partial charge in [-0.15, -0.1) is 5.10 Å². The fraction of sp³-hybridized carbons (Fsp3) is 0.0625. The lowest BCUT2D eigenvalue weighted by molar-refractivity contribution is 0.174. The molecule has 1 aliphatic heterocycles. The van der Waals surface area contributed by atoms with Crippen molar-refractivity contribution in [2.24, 2.45) is 0 Å². The lowest BCUT2D eigenvalue weighted by atomic mass is 10.3. The second-order valence-electron chi connectivity index (χ2n) is 5.08. The van der Waals surface area contributed by atoms with E-state index in [0.717, 1.165) is 5.69 Å². The second kappa shape index (κ2) is 6.62. The molecule has 0 unspecified atom stereocenters. The Morgan fingerprint density at radius 1 is 0.960 bits per heavy atom. The molecule has 1 aromatic heterocycles. The molecule has 0 spiro atoms. The molecule has 0 radical (unpaired) electrons. The third kappa shape index (κ3) is 3.38. The zero-order valence-corrected chi connectivity index (χ0v) is 14.2. The van der Waals surface area contributed by atoms with Gasteiger partial charge in [0.05, 0.1) is 21.9 Å². The van der Waals surface area contributed by atoms with E-state index in [9.17, 15) is 0 Å². The zero-order chi connectivity index (χ0) is 17.2. The molecule has 0 atom stereocenters. The van der Waals surface area contributed by atoms with Crippen molar-refractivity contribution >= 4 is 46.3 Å². The molecule has 9 heteroatoms. The van der Waals surface area contributed by atoms with Crippen molar-refractivity contribution in [3.63, 3.8) is 0 Å². The fourth-order valence-electron chi connectivity index (χ4n) is 2.27. The van der Waals surface area contributed by atoms with Crippen molar-refractivity contribution in [2.75, 3.05) is 17.4 Å². The van der Waals surface area contributed by atoms with E-state index in [1.807, 2.05) is 18.2 Å². The summed E-state index contributed by atoms with van der Waals surface area (Å²) in [6, 6.07) is 10.7. The van der Waals surface area contributed by atoms with Crippen LogP contribution < -0.4 is 20.1 Å². The minimum atomic E-state index is 0.223. The number of nitrogens with zero attached hydrogens (tertiary/aromatic N) is 3. The summed E-state index contributed by atoms with van der Waals surface area (Å²) in [5.41, 5.74) is 1.30. The Morgan fingerprint density at radius 3 is 2.60 bits per heavy atom. The number of para-hydroxylation sites is 1. The van der Waals surface area contributed by atoms with Gasteiger partial charge in [0.25, 0.3) is 0 Å². The fourth-order valence-corrected chi connectivity index (χ4v) is 2.76. The van der Waals surface area contributed by atoms with Gasteiger partial charge in [-0.2, -0.15) is 10.1 Å². The first kappa shape index (κ1) is 15.7. The van der Waals surface area contributed by atoms with Gasteiger partial charge in [-0.05, 0) is 24.3 Å². The summed E-state index contributed by atoms with van der Waals surface area (Å²) in [4.78, 5) is 4.35. The molecule has 25 heavy (non-hydrogen) atoms. The van der Waals surface area contributed by atoms with Gasteiger partial charge in [-0.3, -0.25) is 0 Å². The Balaban J connectivity index is 1.55. The Labute approximate surface area is 152 Å². The molecule has 0 saturated carbocycles. The number of rotatable bonds is 4. The standard InChI is InChI=1S/C16H11Cl2N5O2/c17-10-2-1-3-11(18)15(10)22-16-21-14(7-19-23-16)20-9-4-5-12-13(6-9)25-8-24-12/h1-7H,8H2,(H2,20,21,22,23). The minimum Gasteiger partial charge on any atom is -0.454 e. The molecule has 0 aliphatic carbocycles. The summed E-state index contributed by atoms with van der Waals surface area (Å²) in [7, 11) is 0. The number of anilines is 4. The lowest BCUT2D eigenvalue weighted by Gasteiger charge is -2.10. The van der Waals surface area contributed by atoms with Gasteiger partial charge < -0.3 is 20.1 Å². The minimum absolute atomic E-state index is 0.223. The van der Waals surface area contributed by atoms with Gasteiger partial charge in [0.15, 0.2) is 17.3 Å². The number of benzene rings is 2. The first-order valence-corrected chi connectivity index (χ1v) is 8.02. The summed E-state index contributed by atoms with van der Waals surface area (Å²) in [5.74, 6) is 2.15. The van der Waals surface area contributed by atoms with Crippen LogP contribution in [0.5, 0.6) is 11.5 Å². The Morgan fingerprint density at radius 2 is 1.76 bits per heavy atom. The molecule has 7 nitrogen and oxygen atoms in total.